The Morgan fingerprint density at radius 2 is 2.44 bits per heavy atom. The van der Waals surface area contributed by atoms with E-state index in [1.165, 1.54) is 32.1 Å². The van der Waals surface area contributed by atoms with E-state index in [-0.39, 0.29) is 0 Å². The molecular weight excluding hydrogens is 112 g/mol. The van der Waals surface area contributed by atoms with Gasteiger partial charge in [0.1, 0.15) is 0 Å². The summed E-state index contributed by atoms with van der Waals surface area (Å²) in [5, 5.41) is 0. The maximum absolute atomic E-state index is 5.86. The molecule has 3 aliphatic rings. The minimum atomic E-state index is 0.461. The second-order valence-electron chi connectivity index (χ2n) is 3.83. The van der Waals surface area contributed by atoms with Gasteiger partial charge in [-0.3, -0.25) is 0 Å². The molecule has 0 N–H and O–H groups in total. The molecule has 0 unspecified atom stereocenters. The number of hydrogen-bond acceptors (Lipinski definition) is 1. The summed E-state index contributed by atoms with van der Waals surface area (Å²) in [6.07, 6.45) is 7.61. The minimum absolute atomic E-state index is 0.461. The lowest BCUT2D eigenvalue weighted by Crippen LogP contribution is -2.22. The van der Waals surface area contributed by atoms with Crippen molar-refractivity contribution in [3.8, 4) is 0 Å². The van der Waals surface area contributed by atoms with E-state index >= 15 is 0 Å². The van der Waals surface area contributed by atoms with E-state index in [0.717, 1.165) is 5.92 Å². The summed E-state index contributed by atoms with van der Waals surface area (Å²) < 4.78 is 5.86. The molecule has 1 aliphatic carbocycles. The second kappa shape index (κ2) is 1.20. The summed E-state index contributed by atoms with van der Waals surface area (Å²) in [4.78, 5) is 0. The molecule has 2 heterocycles. The van der Waals surface area contributed by atoms with Gasteiger partial charge in [0, 0.05) is 0 Å². The molecular formula is C8H12O. The first-order valence-corrected chi connectivity index (χ1v) is 4.07. The molecule has 9 heavy (non-hydrogen) atoms. The maximum Gasteiger partial charge on any atom is 0.0720 e. The molecule has 3 fully saturated rings. The van der Waals surface area contributed by atoms with Crippen molar-refractivity contribution in [3.05, 3.63) is 0 Å². The zero-order chi connectivity index (χ0) is 5.90. The standard InChI is InChI=1S/C8H12O/c1-2-7-4-6-5-8(6,3-1)9-7/h6-7H,1-5H2/t6-,7+,8+/m0/s1. The lowest BCUT2D eigenvalue weighted by molar-refractivity contribution is -0.0341. The average molecular weight is 124 g/mol. The Labute approximate surface area is 55.4 Å². The van der Waals surface area contributed by atoms with Crippen LogP contribution < -0.4 is 0 Å². The monoisotopic (exact) mass is 124 g/mol. The lowest BCUT2D eigenvalue weighted by atomic mass is 10.1. The van der Waals surface area contributed by atoms with E-state index in [0.29, 0.717) is 11.7 Å². The Morgan fingerprint density at radius 1 is 1.44 bits per heavy atom. The van der Waals surface area contributed by atoms with Crippen molar-refractivity contribution in [3.63, 3.8) is 0 Å². The van der Waals surface area contributed by atoms with Crippen LogP contribution in [0.25, 0.3) is 0 Å². The van der Waals surface area contributed by atoms with Crippen LogP contribution in [0.15, 0.2) is 0 Å². The summed E-state index contributed by atoms with van der Waals surface area (Å²) >= 11 is 0. The van der Waals surface area contributed by atoms with Crippen LogP contribution in [0.2, 0.25) is 0 Å². The van der Waals surface area contributed by atoms with Crippen molar-refractivity contribution < 1.29 is 4.74 Å². The van der Waals surface area contributed by atoms with E-state index in [9.17, 15) is 0 Å². The van der Waals surface area contributed by atoms with Crippen molar-refractivity contribution in [2.45, 2.75) is 43.8 Å². The van der Waals surface area contributed by atoms with Crippen LogP contribution in [-0.4, -0.2) is 11.7 Å². The van der Waals surface area contributed by atoms with Gasteiger partial charge in [-0.15, -0.1) is 0 Å². The van der Waals surface area contributed by atoms with Crippen molar-refractivity contribution in [1.29, 1.82) is 0 Å². The molecule has 1 heteroatoms. The lowest BCUT2D eigenvalue weighted by Gasteiger charge is -2.23. The summed E-state index contributed by atoms with van der Waals surface area (Å²) in [6.45, 7) is 0. The third kappa shape index (κ3) is 0.454. The van der Waals surface area contributed by atoms with Gasteiger partial charge in [-0.05, 0) is 38.0 Å². The molecule has 0 radical (unpaired) electrons. The molecule has 1 spiro atoms. The summed E-state index contributed by atoms with van der Waals surface area (Å²) in [5.74, 6) is 0.991. The Kier molecular flexibility index (Phi) is 0.628. The van der Waals surface area contributed by atoms with E-state index in [1.807, 2.05) is 0 Å². The number of fused-ring (bicyclic) bond motifs is 1. The van der Waals surface area contributed by atoms with Crippen LogP contribution in [0.3, 0.4) is 0 Å². The van der Waals surface area contributed by atoms with Gasteiger partial charge in [0.2, 0.25) is 0 Å². The highest BCUT2D eigenvalue weighted by atomic mass is 16.5. The molecule has 1 nitrogen and oxygen atoms in total. The Balaban J connectivity index is 1.95. The minimum Gasteiger partial charge on any atom is -0.371 e. The Hall–Kier alpha value is -0.0400. The van der Waals surface area contributed by atoms with Gasteiger partial charge in [0.25, 0.3) is 0 Å². The second-order valence-corrected chi connectivity index (χ2v) is 3.83. The predicted molar refractivity (Wildman–Crippen MR) is 34.2 cm³/mol. The predicted octanol–water partition coefficient (Wildman–Crippen LogP) is 1.72. The molecule has 50 valence electrons. The number of ether oxygens (including phenoxy) is 1. The topological polar surface area (TPSA) is 9.23 Å². The normalized spacial score (nSPS) is 61.3. The van der Waals surface area contributed by atoms with Gasteiger partial charge >= 0.3 is 0 Å². The van der Waals surface area contributed by atoms with E-state index in [2.05, 4.69) is 0 Å². The van der Waals surface area contributed by atoms with Gasteiger partial charge in [-0.1, -0.05) is 0 Å². The van der Waals surface area contributed by atoms with Gasteiger partial charge in [-0.25, -0.2) is 0 Å². The smallest absolute Gasteiger partial charge is 0.0720 e. The van der Waals surface area contributed by atoms with Gasteiger partial charge in [0.15, 0.2) is 0 Å². The first-order chi connectivity index (χ1) is 4.39. The molecule has 2 aliphatic heterocycles. The van der Waals surface area contributed by atoms with E-state index in [4.69, 9.17) is 4.74 Å². The molecule has 0 aromatic rings. The fourth-order valence-corrected chi connectivity index (χ4v) is 2.67. The molecule has 0 aromatic heterocycles. The number of rotatable bonds is 0. The molecule has 2 saturated heterocycles. The van der Waals surface area contributed by atoms with Gasteiger partial charge in [-0.2, -0.15) is 0 Å². The maximum atomic E-state index is 5.86. The number of hydrogen-bond donors (Lipinski definition) is 0. The zero-order valence-corrected chi connectivity index (χ0v) is 5.60. The Bertz CT molecular complexity index is 153. The van der Waals surface area contributed by atoms with Crippen LogP contribution in [-0.2, 0) is 4.74 Å². The van der Waals surface area contributed by atoms with Crippen LogP contribution in [0, 0.1) is 5.92 Å². The van der Waals surface area contributed by atoms with Crippen LogP contribution >= 0.6 is 0 Å². The van der Waals surface area contributed by atoms with Crippen LogP contribution in [0.5, 0.6) is 0 Å². The Morgan fingerprint density at radius 3 is 3.22 bits per heavy atom. The average Bonchev–Trinajstić information content (AvgIpc) is 2.38. The third-order valence-corrected chi connectivity index (χ3v) is 3.25. The summed E-state index contributed by atoms with van der Waals surface area (Å²) in [7, 11) is 0. The highest BCUT2D eigenvalue weighted by Gasteiger charge is 2.62. The summed E-state index contributed by atoms with van der Waals surface area (Å²) in [6, 6.07) is 0. The fraction of sp³-hybridized carbons (Fsp3) is 1.00. The van der Waals surface area contributed by atoms with Gasteiger partial charge < -0.3 is 4.74 Å². The quantitative estimate of drug-likeness (QED) is 0.477. The van der Waals surface area contributed by atoms with Crippen molar-refractivity contribution >= 4 is 0 Å². The van der Waals surface area contributed by atoms with Gasteiger partial charge in [0.05, 0.1) is 11.7 Å². The largest absolute Gasteiger partial charge is 0.371 e. The van der Waals surface area contributed by atoms with E-state index in [1.54, 1.807) is 0 Å². The van der Waals surface area contributed by atoms with Crippen molar-refractivity contribution in [2.75, 3.05) is 0 Å². The molecule has 0 aromatic carbocycles. The highest BCUT2D eigenvalue weighted by Crippen LogP contribution is 2.61. The first-order valence-electron chi connectivity index (χ1n) is 4.07. The highest BCUT2D eigenvalue weighted by molar-refractivity contribution is 5.12. The third-order valence-electron chi connectivity index (χ3n) is 3.25. The van der Waals surface area contributed by atoms with E-state index < -0.39 is 0 Å². The molecule has 3 rings (SSSR count). The summed E-state index contributed by atoms with van der Waals surface area (Å²) in [5.41, 5.74) is 0.461. The molecule has 2 bridgehead atoms. The molecule has 1 saturated carbocycles. The van der Waals surface area contributed by atoms with Crippen molar-refractivity contribution in [2.24, 2.45) is 5.92 Å². The first kappa shape index (κ1) is 4.73. The SMILES string of the molecule is C1C[C@@H]2C[C@H]3C[C@@]3(C1)O2. The zero-order valence-electron chi connectivity index (χ0n) is 5.60. The molecule has 0 amide bonds. The van der Waals surface area contributed by atoms with Crippen LogP contribution in [0.4, 0.5) is 0 Å². The fourth-order valence-electron chi connectivity index (χ4n) is 2.67. The molecule has 3 atom stereocenters. The van der Waals surface area contributed by atoms with Crippen LogP contribution in [0.1, 0.15) is 32.1 Å². The van der Waals surface area contributed by atoms with Crippen molar-refractivity contribution in [1.82, 2.24) is 0 Å².